The molecule has 4 heteroatoms. The van der Waals surface area contributed by atoms with Crippen molar-refractivity contribution < 1.29 is 14.2 Å². The Balaban J connectivity index is 1.52. The molecule has 4 nitrogen and oxygen atoms in total. The number of ether oxygens (including phenoxy) is 3. The molecule has 0 spiro atoms. The standard InChI is InChI=1S/C14H19NO3/c1-2-12(16-5-1)10-15-9-11-3-4-13-14(8-11)18-7-6-17-13/h3-4,8,12,15H,1-2,5-7,9-10H2/t12-/m1/s1. The molecule has 0 amide bonds. The van der Waals surface area contributed by atoms with Gasteiger partial charge in [0.15, 0.2) is 11.5 Å². The molecule has 0 unspecified atom stereocenters. The molecule has 2 aliphatic heterocycles. The normalized spacial score (nSPS) is 22.1. The number of nitrogens with one attached hydrogen (secondary N) is 1. The summed E-state index contributed by atoms with van der Waals surface area (Å²) in [5, 5.41) is 3.43. The molecule has 18 heavy (non-hydrogen) atoms. The van der Waals surface area contributed by atoms with Crippen LogP contribution in [0.15, 0.2) is 18.2 Å². The molecule has 2 aliphatic rings. The first kappa shape index (κ1) is 11.8. The number of hydrogen-bond donors (Lipinski definition) is 1. The van der Waals surface area contributed by atoms with Gasteiger partial charge in [-0.2, -0.15) is 0 Å². The van der Waals surface area contributed by atoms with E-state index in [1.807, 2.05) is 6.07 Å². The van der Waals surface area contributed by atoms with Crippen LogP contribution in [0, 0.1) is 0 Å². The van der Waals surface area contributed by atoms with Gasteiger partial charge in [-0.05, 0) is 30.5 Å². The van der Waals surface area contributed by atoms with Gasteiger partial charge in [-0.15, -0.1) is 0 Å². The van der Waals surface area contributed by atoms with Crippen molar-refractivity contribution in [1.82, 2.24) is 5.32 Å². The van der Waals surface area contributed by atoms with Crippen molar-refractivity contribution in [2.75, 3.05) is 26.4 Å². The molecule has 0 radical (unpaired) electrons. The Morgan fingerprint density at radius 1 is 1.11 bits per heavy atom. The van der Waals surface area contributed by atoms with Crippen LogP contribution in [0.2, 0.25) is 0 Å². The minimum Gasteiger partial charge on any atom is -0.486 e. The third-order valence-electron chi connectivity index (χ3n) is 3.33. The van der Waals surface area contributed by atoms with Crippen LogP contribution in [-0.4, -0.2) is 32.5 Å². The predicted octanol–water partition coefficient (Wildman–Crippen LogP) is 1.73. The van der Waals surface area contributed by atoms with Gasteiger partial charge in [0.1, 0.15) is 13.2 Å². The summed E-state index contributed by atoms with van der Waals surface area (Å²) in [6, 6.07) is 6.12. The molecule has 0 bridgehead atoms. The summed E-state index contributed by atoms with van der Waals surface area (Å²) in [7, 11) is 0. The molecule has 1 N–H and O–H groups in total. The lowest BCUT2D eigenvalue weighted by Crippen LogP contribution is -2.25. The van der Waals surface area contributed by atoms with Gasteiger partial charge in [0.25, 0.3) is 0 Å². The van der Waals surface area contributed by atoms with Crippen molar-refractivity contribution in [3.63, 3.8) is 0 Å². The number of fused-ring (bicyclic) bond motifs is 1. The lowest BCUT2D eigenvalue weighted by Gasteiger charge is -2.19. The molecule has 1 atom stereocenters. The van der Waals surface area contributed by atoms with E-state index in [1.165, 1.54) is 18.4 Å². The fourth-order valence-electron chi connectivity index (χ4n) is 2.38. The van der Waals surface area contributed by atoms with E-state index in [-0.39, 0.29) is 0 Å². The average Bonchev–Trinajstić information content (AvgIpc) is 2.92. The molecule has 1 saturated heterocycles. The largest absolute Gasteiger partial charge is 0.486 e. The number of hydrogen-bond acceptors (Lipinski definition) is 4. The SMILES string of the molecule is c1cc2c(cc1CNC[C@H]1CCCO1)OCCO2. The summed E-state index contributed by atoms with van der Waals surface area (Å²) < 4.78 is 16.6. The van der Waals surface area contributed by atoms with Gasteiger partial charge in [0, 0.05) is 19.7 Å². The van der Waals surface area contributed by atoms with E-state index in [4.69, 9.17) is 14.2 Å². The van der Waals surface area contributed by atoms with Crippen molar-refractivity contribution in [2.45, 2.75) is 25.5 Å². The second kappa shape index (κ2) is 5.59. The zero-order chi connectivity index (χ0) is 12.2. The van der Waals surface area contributed by atoms with Gasteiger partial charge in [-0.3, -0.25) is 0 Å². The quantitative estimate of drug-likeness (QED) is 0.882. The monoisotopic (exact) mass is 249 g/mol. The van der Waals surface area contributed by atoms with Crippen LogP contribution in [0.1, 0.15) is 18.4 Å². The van der Waals surface area contributed by atoms with Crippen LogP contribution < -0.4 is 14.8 Å². The second-order valence-corrected chi connectivity index (χ2v) is 4.74. The van der Waals surface area contributed by atoms with Crippen molar-refractivity contribution in [3.05, 3.63) is 23.8 Å². The highest BCUT2D eigenvalue weighted by molar-refractivity contribution is 5.43. The van der Waals surface area contributed by atoms with E-state index in [2.05, 4.69) is 17.4 Å². The Morgan fingerprint density at radius 3 is 2.83 bits per heavy atom. The molecule has 98 valence electrons. The smallest absolute Gasteiger partial charge is 0.161 e. The van der Waals surface area contributed by atoms with Crippen LogP contribution in [0.25, 0.3) is 0 Å². The first-order valence-electron chi connectivity index (χ1n) is 6.63. The lowest BCUT2D eigenvalue weighted by molar-refractivity contribution is 0.110. The summed E-state index contributed by atoms with van der Waals surface area (Å²) in [4.78, 5) is 0. The zero-order valence-corrected chi connectivity index (χ0v) is 10.5. The van der Waals surface area contributed by atoms with Gasteiger partial charge in [0.2, 0.25) is 0 Å². The molecule has 0 saturated carbocycles. The topological polar surface area (TPSA) is 39.7 Å². The molecule has 1 aromatic rings. The summed E-state index contributed by atoms with van der Waals surface area (Å²) in [5.74, 6) is 1.71. The summed E-state index contributed by atoms with van der Waals surface area (Å²) in [5.41, 5.74) is 1.22. The zero-order valence-electron chi connectivity index (χ0n) is 10.5. The van der Waals surface area contributed by atoms with Crippen molar-refractivity contribution in [2.24, 2.45) is 0 Å². The molecule has 0 aliphatic carbocycles. The lowest BCUT2D eigenvalue weighted by atomic mass is 10.2. The van der Waals surface area contributed by atoms with E-state index in [0.717, 1.165) is 31.2 Å². The minimum absolute atomic E-state index is 0.391. The first-order valence-corrected chi connectivity index (χ1v) is 6.63. The van der Waals surface area contributed by atoms with Crippen LogP contribution in [0.4, 0.5) is 0 Å². The van der Waals surface area contributed by atoms with E-state index in [9.17, 15) is 0 Å². The van der Waals surface area contributed by atoms with Crippen LogP contribution in [0.5, 0.6) is 11.5 Å². The van der Waals surface area contributed by atoms with Crippen molar-refractivity contribution in [3.8, 4) is 11.5 Å². The summed E-state index contributed by atoms with van der Waals surface area (Å²) >= 11 is 0. The first-order chi connectivity index (χ1) is 8.92. The fraction of sp³-hybridized carbons (Fsp3) is 0.571. The predicted molar refractivity (Wildman–Crippen MR) is 68.1 cm³/mol. The van der Waals surface area contributed by atoms with Crippen LogP contribution in [-0.2, 0) is 11.3 Å². The maximum Gasteiger partial charge on any atom is 0.161 e. The van der Waals surface area contributed by atoms with E-state index in [1.54, 1.807) is 0 Å². The van der Waals surface area contributed by atoms with E-state index >= 15 is 0 Å². The Labute approximate surface area is 107 Å². The van der Waals surface area contributed by atoms with Crippen molar-refractivity contribution >= 4 is 0 Å². The highest BCUT2D eigenvalue weighted by Crippen LogP contribution is 2.30. The van der Waals surface area contributed by atoms with Crippen molar-refractivity contribution in [1.29, 1.82) is 0 Å². The summed E-state index contributed by atoms with van der Waals surface area (Å²) in [6.07, 6.45) is 2.76. The van der Waals surface area contributed by atoms with Gasteiger partial charge in [-0.1, -0.05) is 6.07 Å². The number of benzene rings is 1. The second-order valence-electron chi connectivity index (χ2n) is 4.74. The Bertz CT molecular complexity index is 402. The molecule has 1 fully saturated rings. The van der Waals surface area contributed by atoms with Gasteiger partial charge in [0.05, 0.1) is 6.10 Å². The van der Waals surface area contributed by atoms with E-state index in [0.29, 0.717) is 19.3 Å². The maximum absolute atomic E-state index is 5.57. The Morgan fingerprint density at radius 2 is 2.00 bits per heavy atom. The molecule has 0 aromatic heterocycles. The minimum atomic E-state index is 0.391. The third kappa shape index (κ3) is 2.76. The Kier molecular flexibility index (Phi) is 3.67. The molecular formula is C14H19NO3. The third-order valence-corrected chi connectivity index (χ3v) is 3.33. The highest BCUT2D eigenvalue weighted by atomic mass is 16.6. The van der Waals surface area contributed by atoms with Gasteiger partial charge in [-0.25, -0.2) is 0 Å². The highest BCUT2D eigenvalue weighted by Gasteiger charge is 2.15. The maximum atomic E-state index is 5.57. The van der Waals surface area contributed by atoms with Gasteiger partial charge >= 0.3 is 0 Å². The van der Waals surface area contributed by atoms with Crippen LogP contribution >= 0.6 is 0 Å². The average molecular weight is 249 g/mol. The number of rotatable bonds is 4. The Hall–Kier alpha value is -1.26. The van der Waals surface area contributed by atoms with Gasteiger partial charge < -0.3 is 19.5 Å². The summed E-state index contributed by atoms with van der Waals surface area (Å²) in [6.45, 7) is 3.96. The molecule has 1 aromatic carbocycles. The molecule has 3 rings (SSSR count). The fourth-order valence-corrected chi connectivity index (χ4v) is 2.38. The van der Waals surface area contributed by atoms with E-state index < -0.39 is 0 Å². The molecular weight excluding hydrogens is 230 g/mol. The molecule has 2 heterocycles. The van der Waals surface area contributed by atoms with Crippen LogP contribution in [0.3, 0.4) is 0 Å².